The minimum Gasteiger partial charge on any atom is -0.392 e. The van der Waals surface area contributed by atoms with Gasteiger partial charge in [0.2, 0.25) is 0 Å². The minimum absolute atomic E-state index is 0.218. The summed E-state index contributed by atoms with van der Waals surface area (Å²) in [6, 6.07) is 0. The van der Waals surface area contributed by atoms with Gasteiger partial charge in [0.05, 0.1) is 6.10 Å². The lowest BCUT2D eigenvalue weighted by Crippen LogP contribution is -2.29. The second-order valence-corrected chi connectivity index (χ2v) is 3.66. The van der Waals surface area contributed by atoms with Crippen molar-refractivity contribution >= 4 is 0 Å². The Morgan fingerprint density at radius 3 is 3.00 bits per heavy atom. The van der Waals surface area contributed by atoms with Crippen molar-refractivity contribution in [3.05, 3.63) is 12.2 Å². The van der Waals surface area contributed by atoms with Crippen LogP contribution in [0.3, 0.4) is 0 Å². The highest BCUT2D eigenvalue weighted by atomic mass is 16.3. The van der Waals surface area contributed by atoms with Gasteiger partial charge in [-0.25, -0.2) is 0 Å². The van der Waals surface area contributed by atoms with Gasteiger partial charge in [0, 0.05) is 6.54 Å². The average molecular weight is 169 g/mol. The fourth-order valence-electron chi connectivity index (χ4n) is 1.54. The topological polar surface area (TPSA) is 32.3 Å². The highest BCUT2D eigenvalue weighted by Crippen LogP contribution is 2.16. The molecule has 2 nitrogen and oxygen atoms in total. The van der Waals surface area contributed by atoms with Crippen LogP contribution in [-0.2, 0) is 0 Å². The third-order valence-corrected chi connectivity index (χ3v) is 2.25. The Labute approximate surface area is 74.7 Å². The molecular formula is C10H19NO. The first-order valence-corrected chi connectivity index (χ1v) is 4.83. The van der Waals surface area contributed by atoms with E-state index >= 15 is 0 Å². The predicted octanol–water partition coefficient (Wildman–Crippen LogP) is 1.31. The van der Waals surface area contributed by atoms with Gasteiger partial charge in [0.15, 0.2) is 0 Å². The van der Waals surface area contributed by atoms with E-state index in [2.05, 4.69) is 17.5 Å². The predicted molar refractivity (Wildman–Crippen MR) is 51.0 cm³/mol. The summed E-state index contributed by atoms with van der Waals surface area (Å²) in [5.74, 6) is 0.786. The first kappa shape index (κ1) is 9.75. The second kappa shape index (κ2) is 5.33. The van der Waals surface area contributed by atoms with Gasteiger partial charge < -0.3 is 10.4 Å². The summed E-state index contributed by atoms with van der Waals surface area (Å²) in [5, 5.41) is 12.3. The number of hydrogen-bond donors (Lipinski definition) is 2. The van der Waals surface area contributed by atoms with Crippen molar-refractivity contribution in [1.29, 1.82) is 0 Å². The largest absolute Gasteiger partial charge is 0.392 e. The fraction of sp³-hybridized carbons (Fsp3) is 0.800. The van der Waals surface area contributed by atoms with Crippen molar-refractivity contribution in [3.8, 4) is 0 Å². The lowest BCUT2D eigenvalue weighted by molar-refractivity contribution is 0.188. The number of nitrogens with one attached hydrogen (secondary N) is 1. The van der Waals surface area contributed by atoms with Crippen LogP contribution in [0.4, 0.5) is 0 Å². The maximum atomic E-state index is 9.01. The summed E-state index contributed by atoms with van der Waals surface area (Å²) in [6.07, 6.45) is 8.02. The van der Waals surface area contributed by atoms with E-state index in [0.717, 1.165) is 19.0 Å². The van der Waals surface area contributed by atoms with Crippen molar-refractivity contribution in [3.63, 3.8) is 0 Å². The van der Waals surface area contributed by atoms with Crippen LogP contribution in [0.25, 0.3) is 0 Å². The Hall–Kier alpha value is -0.340. The van der Waals surface area contributed by atoms with Crippen LogP contribution in [-0.4, -0.2) is 24.3 Å². The minimum atomic E-state index is -0.218. The SMILES string of the molecule is CC(O)CNCC1CC=CCC1. The van der Waals surface area contributed by atoms with Crippen LogP contribution in [0.2, 0.25) is 0 Å². The van der Waals surface area contributed by atoms with E-state index in [-0.39, 0.29) is 6.10 Å². The Morgan fingerprint density at radius 2 is 2.42 bits per heavy atom. The van der Waals surface area contributed by atoms with Crippen molar-refractivity contribution in [2.24, 2.45) is 5.92 Å². The number of aliphatic hydroxyl groups is 1. The molecule has 1 aliphatic carbocycles. The van der Waals surface area contributed by atoms with E-state index in [1.165, 1.54) is 19.3 Å². The fourth-order valence-corrected chi connectivity index (χ4v) is 1.54. The van der Waals surface area contributed by atoms with Crippen LogP contribution in [0.1, 0.15) is 26.2 Å². The van der Waals surface area contributed by atoms with E-state index in [1.807, 2.05) is 6.92 Å². The molecule has 0 amide bonds. The van der Waals surface area contributed by atoms with Gasteiger partial charge in [0.1, 0.15) is 0 Å². The molecule has 0 aromatic heterocycles. The normalized spacial score (nSPS) is 25.7. The van der Waals surface area contributed by atoms with Crippen LogP contribution >= 0.6 is 0 Å². The van der Waals surface area contributed by atoms with Crippen molar-refractivity contribution in [2.75, 3.05) is 13.1 Å². The first-order chi connectivity index (χ1) is 5.79. The summed E-state index contributed by atoms with van der Waals surface area (Å²) in [5.41, 5.74) is 0. The van der Waals surface area contributed by atoms with Crippen molar-refractivity contribution in [1.82, 2.24) is 5.32 Å². The first-order valence-electron chi connectivity index (χ1n) is 4.83. The van der Waals surface area contributed by atoms with Crippen LogP contribution in [0.15, 0.2) is 12.2 Å². The molecule has 0 aromatic rings. The molecule has 70 valence electrons. The molecule has 2 unspecified atom stereocenters. The molecule has 2 N–H and O–H groups in total. The Balaban J connectivity index is 2.03. The Kier molecular flexibility index (Phi) is 4.33. The van der Waals surface area contributed by atoms with Gasteiger partial charge in [-0.1, -0.05) is 12.2 Å². The zero-order chi connectivity index (χ0) is 8.81. The smallest absolute Gasteiger partial charge is 0.0636 e. The average Bonchev–Trinajstić information content (AvgIpc) is 2.05. The van der Waals surface area contributed by atoms with Crippen LogP contribution < -0.4 is 5.32 Å². The number of rotatable bonds is 4. The summed E-state index contributed by atoms with van der Waals surface area (Å²) < 4.78 is 0. The quantitative estimate of drug-likeness (QED) is 0.622. The maximum Gasteiger partial charge on any atom is 0.0636 e. The third kappa shape index (κ3) is 3.88. The third-order valence-electron chi connectivity index (χ3n) is 2.25. The molecular weight excluding hydrogens is 150 g/mol. The van der Waals surface area contributed by atoms with E-state index in [9.17, 15) is 0 Å². The van der Waals surface area contributed by atoms with Crippen LogP contribution in [0, 0.1) is 5.92 Å². The van der Waals surface area contributed by atoms with E-state index in [1.54, 1.807) is 0 Å². The molecule has 0 saturated heterocycles. The van der Waals surface area contributed by atoms with E-state index in [0.29, 0.717) is 0 Å². The molecule has 0 aromatic carbocycles. The molecule has 0 radical (unpaired) electrons. The van der Waals surface area contributed by atoms with Gasteiger partial charge in [-0.2, -0.15) is 0 Å². The van der Waals surface area contributed by atoms with Crippen molar-refractivity contribution < 1.29 is 5.11 Å². The summed E-state index contributed by atoms with van der Waals surface area (Å²) in [4.78, 5) is 0. The zero-order valence-electron chi connectivity index (χ0n) is 7.79. The standard InChI is InChI=1S/C10H19NO/c1-9(12)7-11-8-10-5-3-2-4-6-10/h2-3,9-12H,4-8H2,1H3. The summed E-state index contributed by atoms with van der Waals surface area (Å²) >= 11 is 0. The maximum absolute atomic E-state index is 9.01. The van der Waals surface area contributed by atoms with Gasteiger partial charge in [0.25, 0.3) is 0 Å². The van der Waals surface area contributed by atoms with Gasteiger partial charge >= 0.3 is 0 Å². The van der Waals surface area contributed by atoms with Gasteiger partial charge in [-0.3, -0.25) is 0 Å². The lowest BCUT2D eigenvalue weighted by atomic mass is 9.94. The molecule has 0 fully saturated rings. The molecule has 1 rings (SSSR count). The lowest BCUT2D eigenvalue weighted by Gasteiger charge is -2.18. The monoisotopic (exact) mass is 169 g/mol. The number of allylic oxidation sites excluding steroid dienone is 2. The zero-order valence-corrected chi connectivity index (χ0v) is 7.79. The molecule has 0 bridgehead atoms. The van der Waals surface area contributed by atoms with Gasteiger partial charge in [-0.05, 0) is 38.6 Å². The van der Waals surface area contributed by atoms with E-state index < -0.39 is 0 Å². The Bertz CT molecular complexity index is 143. The molecule has 12 heavy (non-hydrogen) atoms. The summed E-state index contributed by atoms with van der Waals surface area (Å²) in [6.45, 7) is 3.59. The molecule has 0 heterocycles. The second-order valence-electron chi connectivity index (χ2n) is 3.66. The van der Waals surface area contributed by atoms with E-state index in [4.69, 9.17) is 5.11 Å². The Morgan fingerprint density at radius 1 is 1.58 bits per heavy atom. The van der Waals surface area contributed by atoms with Crippen LogP contribution in [0.5, 0.6) is 0 Å². The number of aliphatic hydroxyl groups excluding tert-OH is 1. The molecule has 1 aliphatic rings. The van der Waals surface area contributed by atoms with Crippen molar-refractivity contribution in [2.45, 2.75) is 32.3 Å². The molecule has 0 spiro atoms. The molecule has 0 aliphatic heterocycles. The molecule has 2 atom stereocenters. The molecule has 2 heteroatoms. The highest BCUT2D eigenvalue weighted by molar-refractivity contribution is 4.90. The number of hydrogen-bond acceptors (Lipinski definition) is 2. The molecule has 0 saturated carbocycles. The van der Waals surface area contributed by atoms with Gasteiger partial charge in [-0.15, -0.1) is 0 Å². The summed E-state index contributed by atoms with van der Waals surface area (Å²) in [7, 11) is 0. The highest BCUT2D eigenvalue weighted by Gasteiger charge is 2.08.